The van der Waals surface area contributed by atoms with E-state index in [1.54, 1.807) is 0 Å². The SMILES string of the molecule is CCNC(c1cc2cccc(Cl)c2o1)C1CCCCO1. The molecule has 1 aromatic carbocycles. The van der Waals surface area contributed by atoms with Gasteiger partial charge < -0.3 is 14.5 Å². The monoisotopic (exact) mass is 293 g/mol. The summed E-state index contributed by atoms with van der Waals surface area (Å²) in [6.45, 7) is 3.83. The molecule has 1 fully saturated rings. The summed E-state index contributed by atoms with van der Waals surface area (Å²) in [6, 6.07) is 8.01. The summed E-state index contributed by atoms with van der Waals surface area (Å²) in [5, 5.41) is 5.20. The van der Waals surface area contributed by atoms with Crippen LogP contribution in [0.2, 0.25) is 5.02 Å². The first-order valence-electron chi connectivity index (χ1n) is 7.32. The molecule has 0 aliphatic carbocycles. The van der Waals surface area contributed by atoms with Crippen LogP contribution in [0.4, 0.5) is 0 Å². The number of rotatable bonds is 4. The zero-order chi connectivity index (χ0) is 13.9. The molecule has 1 aromatic heterocycles. The maximum Gasteiger partial charge on any atom is 0.152 e. The predicted octanol–water partition coefficient (Wildman–Crippen LogP) is 4.31. The lowest BCUT2D eigenvalue weighted by molar-refractivity contribution is -0.0119. The molecule has 0 spiro atoms. The smallest absolute Gasteiger partial charge is 0.152 e. The minimum atomic E-state index is 0.101. The second-order valence-corrected chi connectivity index (χ2v) is 5.65. The average Bonchev–Trinajstić information content (AvgIpc) is 2.91. The van der Waals surface area contributed by atoms with Gasteiger partial charge in [0.05, 0.1) is 17.2 Å². The standard InChI is InChI=1S/C16H20ClNO2/c1-2-18-15(13-8-3-4-9-19-13)14-10-11-6-5-7-12(17)16(11)20-14/h5-7,10,13,15,18H,2-4,8-9H2,1H3. The molecule has 2 heterocycles. The predicted molar refractivity (Wildman–Crippen MR) is 81.2 cm³/mol. The van der Waals surface area contributed by atoms with Crippen molar-refractivity contribution in [3.63, 3.8) is 0 Å². The maximum absolute atomic E-state index is 6.19. The largest absolute Gasteiger partial charge is 0.458 e. The van der Waals surface area contributed by atoms with Gasteiger partial charge in [-0.15, -0.1) is 0 Å². The molecular weight excluding hydrogens is 274 g/mol. The van der Waals surface area contributed by atoms with E-state index in [2.05, 4.69) is 18.3 Å². The lowest BCUT2D eigenvalue weighted by Crippen LogP contribution is -2.35. The van der Waals surface area contributed by atoms with E-state index in [0.717, 1.165) is 42.7 Å². The van der Waals surface area contributed by atoms with Crippen molar-refractivity contribution in [1.29, 1.82) is 0 Å². The van der Waals surface area contributed by atoms with Gasteiger partial charge in [0.25, 0.3) is 0 Å². The van der Waals surface area contributed by atoms with Crippen molar-refractivity contribution in [1.82, 2.24) is 5.32 Å². The van der Waals surface area contributed by atoms with Crippen LogP contribution < -0.4 is 5.32 Å². The number of hydrogen-bond acceptors (Lipinski definition) is 3. The fourth-order valence-electron chi connectivity index (χ4n) is 2.86. The molecule has 1 N–H and O–H groups in total. The van der Waals surface area contributed by atoms with Crippen molar-refractivity contribution in [2.45, 2.75) is 38.3 Å². The minimum Gasteiger partial charge on any atom is -0.458 e. The van der Waals surface area contributed by atoms with Crippen molar-refractivity contribution < 1.29 is 9.15 Å². The van der Waals surface area contributed by atoms with E-state index in [0.29, 0.717) is 5.02 Å². The van der Waals surface area contributed by atoms with Crippen LogP contribution in [0.5, 0.6) is 0 Å². The molecular formula is C16H20ClNO2. The van der Waals surface area contributed by atoms with Crippen molar-refractivity contribution in [2.75, 3.05) is 13.2 Å². The number of likely N-dealkylation sites (N-methyl/N-ethyl adjacent to an activating group) is 1. The van der Waals surface area contributed by atoms with Crippen LogP contribution >= 0.6 is 11.6 Å². The van der Waals surface area contributed by atoms with E-state index < -0.39 is 0 Å². The minimum absolute atomic E-state index is 0.101. The van der Waals surface area contributed by atoms with Gasteiger partial charge in [-0.3, -0.25) is 0 Å². The summed E-state index contributed by atoms with van der Waals surface area (Å²) in [6.07, 6.45) is 3.63. The number of ether oxygens (including phenoxy) is 1. The summed E-state index contributed by atoms with van der Waals surface area (Å²) in [5.74, 6) is 0.918. The Kier molecular flexibility index (Phi) is 4.29. The Morgan fingerprint density at radius 2 is 2.30 bits per heavy atom. The molecule has 3 rings (SSSR count). The molecule has 20 heavy (non-hydrogen) atoms. The maximum atomic E-state index is 6.19. The highest BCUT2D eigenvalue weighted by atomic mass is 35.5. The molecule has 3 nitrogen and oxygen atoms in total. The summed E-state index contributed by atoms with van der Waals surface area (Å²) in [4.78, 5) is 0. The van der Waals surface area contributed by atoms with E-state index in [4.69, 9.17) is 20.8 Å². The first-order valence-corrected chi connectivity index (χ1v) is 7.70. The van der Waals surface area contributed by atoms with Crippen molar-refractivity contribution in [3.05, 3.63) is 35.0 Å². The number of fused-ring (bicyclic) bond motifs is 1. The van der Waals surface area contributed by atoms with Gasteiger partial charge in [-0.1, -0.05) is 30.7 Å². The molecule has 2 atom stereocenters. The highest BCUT2D eigenvalue weighted by molar-refractivity contribution is 6.34. The van der Waals surface area contributed by atoms with E-state index in [1.807, 2.05) is 18.2 Å². The Morgan fingerprint density at radius 3 is 3.00 bits per heavy atom. The third-order valence-corrected chi connectivity index (χ3v) is 4.13. The van der Waals surface area contributed by atoms with Crippen LogP contribution in [-0.4, -0.2) is 19.3 Å². The molecule has 2 aromatic rings. The summed E-state index contributed by atoms with van der Waals surface area (Å²) >= 11 is 6.19. The van der Waals surface area contributed by atoms with Gasteiger partial charge in [-0.25, -0.2) is 0 Å². The van der Waals surface area contributed by atoms with E-state index in [9.17, 15) is 0 Å². The molecule has 0 amide bonds. The second kappa shape index (κ2) is 6.17. The highest BCUT2D eigenvalue weighted by Crippen LogP contribution is 2.33. The molecule has 0 radical (unpaired) electrons. The van der Waals surface area contributed by atoms with Gasteiger partial charge in [0, 0.05) is 12.0 Å². The number of para-hydroxylation sites is 1. The molecule has 1 saturated heterocycles. The highest BCUT2D eigenvalue weighted by Gasteiger charge is 2.28. The molecule has 2 unspecified atom stereocenters. The fraction of sp³-hybridized carbons (Fsp3) is 0.500. The Labute approximate surface area is 124 Å². The summed E-state index contributed by atoms with van der Waals surface area (Å²) < 4.78 is 11.9. The summed E-state index contributed by atoms with van der Waals surface area (Å²) in [5.41, 5.74) is 0.767. The number of hydrogen-bond donors (Lipinski definition) is 1. The molecule has 4 heteroatoms. The van der Waals surface area contributed by atoms with Crippen LogP contribution in [0.15, 0.2) is 28.7 Å². The van der Waals surface area contributed by atoms with Gasteiger partial charge in [0.2, 0.25) is 0 Å². The number of halogens is 1. The van der Waals surface area contributed by atoms with E-state index >= 15 is 0 Å². The van der Waals surface area contributed by atoms with Gasteiger partial charge >= 0.3 is 0 Å². The fourth-order valence-corrected chi connectivity index (χ4v) is 3.08. The second-order valence-electron chi connectivity index (χ2n) is 5.25. The zero-order valence-electron chi connectivity index (χ0n) is 11.7. The molecule has 1 aliphatic rings. The Balaban J connectivity index is 1.93. The van der Waals surface area contributed by atoms with Crippen LogP contribution in [0.3, 0.4) is 0 Å². The average molecular weight is 294 g/mol. The van der Waals surface area contributed by atoms with Gasteiger partial charge in [-0.05, 0) is 37.9 Å². The van der Waals surface area contributed by atoms with E-state index in [1.165, 1.54) is 6.42 Å². The third-order valence-electron chi connectivity index (χ3n) is 3.83. The summed E-state index contributed by atoms with van der Waals surface area (Å²) in [7, 11) is 0. The molecule has 108 valence electrons. The molecule has 1 aliphatic heterocycles. The van der Waals surface area contributed by atoms with Gasteiger partial charge in [0.15, 0.2) is 5.58 Å². The van der Waals surface area contributed by atoms with Gasteiger partial charge in [0.1, 0.15) is 5.76 Å². The Bertz CT molecular complexity index is 575. The van der Waals surface area contributed by atoms with Gasteiger partial charge in [-0.2, -0.15) is 0 Å². The normalized spacial score (nSPS) is 21.2. The van der Waals surface area contributed by atoms with Crippen molar-refractivity contribution >= 4 is 22.6 Å². The van der Waals surface area contributed by atoms with Crippen molar-refractivity contribution in [3.8, 4) is 0 Å². The quantitative estimate of drug-likeness (QED) is 0.912. The van der Waals surface area contributed by atoms with Crippen LogP contribution in [0.25, 0.3) is 11.0 Å². The molecule has 0 saturated carbocycles. The Morgan fingerprint density at radius 1 is 1.40 bits per heavy atom. The molecule has 0 bridgehead atoms. The van der Waals surface area contributed by atoms with Crippen molar-refractivity contribution in [2.24, 2.45) is 0 Å². The number of nitrogens with one attached hydrogen (secondary N) is 1. The number of benzene rings is 1. The van der Waals surface area contributed by atoms with Crippen LogP contribution in [0, 0.1) is 0 Å². The van der Waals surface area contributed by atoms with Crippen LogP contribution in [0.1, 0.15) is 38.0 Å². The first kappa shape index (κ1) is 13.9. The lowest BCUT2D eigenvalue weighted by atomic mass is 10.00. The lowest BCUT2D eigenvalue weighted by Gasteiger charge is -2.29. The topological polar surface area (TPSA) is 34.4 Å². The number of furan rings is 1. The van der Waals surface area contributed by atoms with Crippen LogP contribution in [-0.2, 0) is 4.74 Å². The first-order chi connectivity index (χ1) is 9.79. The van der Waals surface area contributed by atoms with E-state index in [-0.39, 0.29) is 12.1 Å². The zero-order valence-corrected chi connectivity index (χ0v) is 12.5. The Hall–Kier alpha value is -1.03. The third kappa shape index (κ3) is 2.71.